The first-order valence-electron chi connectivity index (χ1n) is 5.22. The summed E-state index contributed by atoms with van der Waals surface area (Å²) in [5.74, 6) is -0.000694. The van der Waals surface area contributed by atoms with Crippen LogP contribution in [0.3, 0.4) is 0 Å². The molecular formula is C10H16O4. The lowest BCUT2D eigenvalue weighted by Crippen LogP contribution is -2.35. The number of fused-ring (bicyclic) bond motifs is 5. The normalized spacial score (nSPS) is 54.6. The maximum atomic E-state index is 9.66. The van der Waals surface area contributed by atoms with Gasteiger partial charge in [0.25, 0.3) is 0 Å². The lowest BCUT2D eigenvalue weighted by molar-refractivity contribution is -0.216. The summed E-state index contributed by atoms with van der Waals surface area (Å²) in [5.41, 5.74) is 0. The Morgan fingerprint density at radius 2 is 1.93 bits per heavy atom. The van der Waals surface area contributed by atoms with Crippen LogP contribution in [0.25, 0.3) is 0 Å². The van der Waals surface area contributed by atoms with Gasteiger partial charge in [-0.15, -0.1) is 0 Å². The molecule has 0 unspecified atom stereocenters. The van der Waals surface area contributed by atoms with Gasteiger partial charge in [0.15, 0.2) is 12.1 Å². The fraction of sp³-hybridized carbons (Fsp3) is 1.00. The molecule has 5 atom stereocenters. The first-order valence-corrected chi connectivity index (χ1v) is 5.22. The maximum absolute atomic E-state index is 9.66. The second-order valence-corrected chi connectivity index (χ2v) is 4.95. The number of hydrogen-bond acceptors (Lipinski definition) is 4. The highest BCUT2D eigenvalue weighted by atomic mass is 16.8. The average Bonchev–Trinajstić information content (AvgIpc) is 2.53. The van der Waals surface area contributed by atoms with Crippen LogP contribution in [0, 0.1) is 11.8 Å². The molecule has 0 aromatic rings. The highest BCUT2D eigenvalue weighted by Crippen LogP contribution is 2.48. The zero-order valence-corrected chi connectivity index (χ0v) is 8.47. The van der Waals surface area contributed by atoms with Crippen molar-refractivity contribution in [2.24, 2.45) is 11.8 Å². The first-order chi connectivity index (χ1) is 6.57. The molecule has 0 radical (unpaired) electrons. The lowest BCUT2D eigenvalue weighted by Gasteiger charge is -2.29. The Labute approximate surface area is 83.1 Å². The van der Waals surface area contributed by atoms with E-state index in [1.54, 1.807) is 0 Å². The third-order valence-electron chi connectivity index (χ3n) is 3.47. The summed E-state index contributed by atoms with van der Waals surface area (Å²) in [5, 5.41) is 9.66. The van der Waals surface area contributed by atoms with Crippen molar-refractivity contribution in [2.75, 3.05) is 6.61 Å². The number of aliphatic hydroxyl groups excluding tert-OH is 1. The van der Waals surface area contributed by atoms with Crippen LogP contribution in [-0.4, -0.2) is 36.0 Å². The van der Waals surface area contributed by atoms with Gasteiger partial charge in [-0.05, 0) is 20.3 Å². The smallest absolute Gasteiger partial charge is 0.163 e. The highest BCUT2D eigenvalue weighted by Gasteiger charge is 2.58. The zero-order chi connectivity index (χ0) is 9.92. The SMILES string of the molecule is CC1(C)O[C@@H]2[C@H]3CO[C@@H](O)[C@H](C3)[C@@H]2O1. The molecule has 4 nitrogen and oxygen atoms in total. The molecule has 1 aliphatic carbocycles. The molecule has 2 bridgehead atoms. The fourth-order valence-corrected chi connectivity index (χ4v) is 2.92. The van der Waals surface area contributed by atoms with Crippen LogP contribution < -0.4 is 0 Å². The van der Waals surface area contributed by atoms with E-state index in [1.807, 2.05) is 13.8 Å². The van der Waals surface area contributed by atoms with Gasteiger partial charge in [-0.1, -0.05) is 0 Å². The van der Waals surface area contributed by atoms with Gasteiger partial charge in [-0.3, -0.25) is 0 Å². The molecule has 2 saturated heterocycles. The molecule has 3 aliphatic rings. The molecule has 2 aliphatic heterocycles. The van der Waals surface area contributed by atoms with Gasteiger partial charge in [-0.25, -0.2) is 0 Å². The van der Waals surface area contributed by atoms with Crippen molar-refractivity contribution in [3.63, 3.8) is 0 Å². The average molecular weight is 200 g/mol. The van der Waals surface area contributed by atoms with E-state index in [-0.39, 0.29) is 18.1 Å². The van der Waals surface area contributed by atoms with Crippen LogP contribution in [0.1, 0.15) is 20.3 Å². The monoisotopic (exact) mass is 200 g/mol. The minimum atomic E-state index is -0.668. The quantitative estimate of drug-likeness (QED) is 0.618. The van der Waals surface area contributed by atoms with Crippen molar-refractivity contribution >= 4 is 0 Å². The van der Waals surface area contributed by atoms with E-state index in [1.165, 1.54) is 0 Å². The Hall–Kier alpha value is -0.160. The summed E-state index contributed by atoms with van der Waals surface area (Å²) in [6, 6.07) is 0. The van der Waals surface area contributed by atoms with Gasteiger partial charge < -0.3 is 19.3 Å². The molecule has 1 N–H and O–H groups in total. The number of hydrogen-bond donors (Lipinski definition) is 1. The van der Waals surface area contributed by atoms with Crippen molar-refractivity contribution in [3.05, 3.63) is 0 Å². The van der Waals surface area contributed by atoms with E-state index in [4.69, 9.17) is 14.2 Å². The van der Waals surface area contributed by atoms with Gasteiger partial charge in [0.1, 0.15) is 0 Å². The van der Waals surface area contributed by atoms with Crippen LogP contribution in [0.2, 0.25) is 0 Å². The largest absolute Gasteiger partial charge is 0.368 e. The van der Waals surface area contributed by atoms with Crippen LogP contribution >= 0.6 is 0 Å². The molecule has 4 heteroatoms. The highest BCUT2D eigenvalue weighted by molar-refractivity contribution is 5.00. The molecule has 80 valence electrons. The molecule has 3 rings (SSSR count). The van der Waals surface area contributed by atoms with Gasteiger partial charge in [-0.2, -0.15) is 0 Å². The second-order valence-electron chi connectivity index (χ2n) is 4.95. The summed E-state index contributed by atoms with van der Waals surface area (Å²) in [6.07, 6.45) is 0.436. The Morgan fingerprint density at radius 1 is 1.21 bits per heavy atom. The molecule has 0 amide bonds. The van der Waals surface area contributed by atoms with Gasteiger partial charge in [0.05, 0.1) is 18.8 Å². The van der Waals surface area contributed by atoms with E-state index in [0.29, 0.717) is 12.5 Å². The maximum Gasteiger partial charge on any atom is 0.163 e. The van der Waals surface area contributed by atoms with E-state index in [0.717, 1.165) is 6.42 Å². The molecule has 0 aromatic carbocycles. The summed E-state index contributed by atoms with van der Waals surface area (Å²) in [6.45, 7) is 4.45. The number of rotatable bonds is 0. The van der Waals surface area contributed by atoms with E-state index < -0.39 is 12.1 Å². The van der Waals surface area contributed by atoms with E-state index in [2.05, 4.69) is 0 Å². The van der Waals surface area contributed by atoms with Crippen molar-refractivity contribution in [1.82, 2.24) is 0 Å². The van der Waals surface area contributed by atoms with Crippen LogP contribution in [0.5, 0.6) is 0 Å². The van der Waals surface area contributed by atoms with Gasteiger partial charge >= 0.3 is 0 Å². The van der Waals surface area contributed by atoms with Crippen molar-refractivity contribution in [1.29, 1.82) is 0 Å². The predicted octanol–water partition coefficient (Wildman–Crippen LogP) is 0.491. The summed E-state index contributed by atoms with van der Waals surface area (Å²) < 4.78 is 16.9. The molecule has 3 fully saturated rings. The lowest BCUT2D eigenvalue weighted by atomic mass is 10.0. The van der Waals surface area contributed by atoms with Crippen molar-refractivity contribution in [3.8, 4) is 0 Å². The molecule has 2 heterocycles. The Bertz CT molecular complexity index is 253. The molecular weight excluding hydrogens is 184 g/mol. The van der Waals surface area contributed by atoms with Crippen molar-refractivity contribution in [2.45, 2.75) is 44.6 Å². The third-order valence-corrected chi connectivity index (χ3v) is 3.47. The standard InChI is InChI=1S/C10H16O4/c1-10(2)13-7-5-3-6(8(7)14-10)9(11)12-4-5/h5-9,11H,3-4H2,1-2H3/t5-,6-,7-,8+,9-/m1/s1. The van der Waals surface area contributed by atoms with Gasteiger partial charge in [0.2, 0.25) is 0 Å². The molecule has 0 aromatic heterocycles. The summed E-state index contributed by atoms with van der Waals surface area (Å²) in [4.78, 5) is 0. The summed E-state index contributed by atoms with van der Waals surface area (Å²) >= 11 is 0. The topological polar surface area (TPSA) is 47.9 Å². The molecule has 0 spiro atoms. The zero-order valence-electron chi connectivity index (χ0n) is 8.47. The van der Waals surface area contributed by atoms with Gasteiger partial charge in [0, 0.05) is 11.8 Å². The predicted molar refractivity (Wildman–Crippen MR) is 47.4 cm³/mol. The Morgan fingerprint density at radius 3 is 2.71 bits per heavy atom. The van der Waals surface area contributed by atoms with Crippen LogP contribution in [0.15, 0.2) is 0 Å². The second kappa shape index (κ2) is 2.70. The van der Waals surface area contributed by atoms with E-state index in [9.17, 15) is 5.11 Å². The Balaban J connectivity index is 1.87. The van der Waals surface area contributed by atoms with E-state index >= 15 is 0 Å². The third kappa shape index (κ3) is 1.15. The van der Waals surface area contributed by atoms with Crippen LogP contribution in [-0.2, 0) is 14.2 Å². The van der Waals surface area contributed by atoms with Crippen LogP contribution in [0.4, 0.5) is 0 Å². The number of ether oxygens (including phenoxy) is 3. The molecule has 14 heavy (non-hydrogen) atoms. The first kappa shape index (κ1) is 9.09. The van der Waals surface area contributed by atoms with Crippen molar-refractivity contribution < 1.29 is 19.3 Å². The minimum absolute atomic E-state index is 0.0208. The minimum Gasteiger partial charge on any atom is -0.368 e. The molecule has 1 saturated carbocycles. The number of aliphatic hydroxyl groups is 1. The Kier molecular flexibility index (Phi) is 1.75. The summed E-state index contributed by atoms with van der Waals surface area (Å²) in [7, 11) is 0. The fourth-order valence-electron chi connectivity index (χ4n) is 2.92.